The third-order valence-corrected chi connectivity index (χ3v) is 5.77. The van der Waals surface area contributed by atoms with Gasteiger partial charge in [-0.1, -0.05) is 15.9 Å². The van der Waals surface area contributed by atoms with Crippen molar-refractivity contribution in [2.75, 3.05) is 18.5 Å². The Morgan fingerprint density at radius 2 is 1.86 bits per heavy atom. The fraction of sp³-hybridized carbons (Fsp3) is 0.500. The molecule has 2 rings (SSSR count). The lowest BCUT2D eigenvalue weighted by Crippen LogP contribution is -2.39. The van der Waals surface area contributed by atoms with E-state index in [2.05, 4.69) is 21.2 Å². The summed E-state index contributed by atoms with van der Waals surface area (Å²) in [4.78, 5) is 37.0. The molecule has 1 N–H and O–H groups in total. The fourth-order valence-corrected chi connectivity index (χ4v) is 4.12. The van der Waals surface area contributed by atoms with Crippen LogP contribution in [-0.4, -0.2) is 47.7 Å². The standard InChI is InChI=1S/C24H28BrF3N2O7/c1-5-35-22(31)20-19(16-12-15(30(33)34)8-9-17(16)36-11-7-6-10-25)18(23(32)37-13(2)3)14(4)29-21(20)24(26,27)28/h8-9,12-13,19,29H,5-7,10-11H2,1-4H3. The summed E-state index contributed by atoms with van der Waals surface area (Å²) >= 11 is 3.29. The second kappa shape index (κ2) is 12.9. The number of ether oxygens (including phenoxy) is 3. The van der Waals surface area contributed by atoms with Gasteiger partial charge in [-0.15, -0.1) is 0 Å². The molecule has 0 saturated carbocycles. The molecule has 0 amide bonds. The quantitative estimate of drug-likeness (QED) is 0.119. The summed E-state index contributed by atoms with van der Waals surface area (Å²) in [5.41, 5.74) is -3.56. The van der Waals surface area contributed by atoms with Crippen molar-refractivity contribution in [3.8, 4) is 5.75 Å². The predicted octanol–water partition coefficient (Wildman–Crippen LogP) is 5.44. The smallest absolute Gasteiger partial charge is 0.431 e. The number of non-ortho nitro benzene ring substituents is 1. The molecule has 1 atom stereocenters. The number of hydrogen-bond acceptors (Lipinski definition) is 8. The Morgan fingerprint density at radius 3 is 2.41 bits per heavy atom. The molecule has 37 heavy (non-hydrogen) atoms. The molecule has 0 bridgehead atoms. The van der Waals surface area contributed by atoms with Gasteiger partial charge in [0, 0.05) is 28.7 Å². The van der Waals surface area contributed by atoms with Gasteiger partial charge in [0.1, 0.15) is 11.4 Å². The van der Waals surface area contributed by atoms with Crippen LogP contribution in [-0.2, 0) is 19.1 Å². The van der Waals surface area contributed by atoms with E-state index in [-0.39, 0.29) is 35.8 Å². The summed E-state index contributed by atoms with van der Waals surface area (Å²) in [5, 5.41) is 14.4. The summed E-state index contributed by atoms with van der Waals surface area (Å²) in [5.74, 6) is -4.08. The SMILES string of the molecule is CCOC(=O)C1=C(C(F)(F)F)NC(C)=C(C(=O)OC(C)C)C1c1cc([N+](=O)[O-])ccc1OCCCCBr. The highest BCUT2D eigenvalue weighted by atomic mass is 79.9. The number of carbonyl (C=O) groups is 2. The second-order valence-electron chi connectivity index (χ2n) is 8.28. The Hall–Kier alpha value is -3.09. The molecule has 0 saturated heterocycles. The number of halogens is 4. The first-order chi connectivity index (χ1) is 17.3. The number of nitro benzene ring substituents is 1. The molecule has 1 heterocycles. The van der Waals surface area contributed by atoms with Crippen LogP contribution < -0.4 is 10.1 Å². The Morgan fingerprint density at radius 1 is 1.19 bits per heavy atom. The van der Waals surface area contributed by atoms with Crippen molar-refractivity contribution in [2.45, 2.75) is 58.7 Å². The first-order valence-corrected chi connectivity index (χ1v) is 12.6. The fourth-order valence-electron chi connectivity index (χ4n) is 3.72. The van der Waals surface area contributed by atoms with E-state index in [9.17, 15) is 32.9 Å². The number of allylic oxidation sites excluding steroid dienone is 2. The van der Waals surface area contributed by atoms with E-state index < -0.39 is 52.0 Å². The van der Waals surface area contributed by atoms with Crippen LogP contribution in [0.1, 0.15) is 52.0 Å². The van der Waals surface area contributed by atoms with Gasteiger partial charge in [0.2, 0.25) is 0 Å². The molecular weight excluding hydrogens is 565 g/mol. The van der Waals surface area contributed by atoms with Gasteiger partial charge in [-0.2, -0.15) is 13.2 Å². The lowest BCUT2D eigenvalue weighted by atomic mass is 9.79. The number of esters is 2. The number of dihydropyridines is 1. The monoisotopic (exact) mass is 592 g/mol. The zero-order valence-corrected chi connectivity index (χ0v) is 22.3. The molecule has 1 aliphatic rings. The van der Waals surface area contributed by atoms with Gasteiger partial charge >= 0.3 is 18.1 Å². The summed E-state index contributed by atoms with van der Waals surface area (Å²) in [7, 11) is 0. The maximum atomic E-state index is 14.2. The predicted molar refractivity (Wildman–Crippen MR) is 131 cm³/mol. The van der Waals surface area contributed by atoms with Crippen molar-refractivity contribution in [1.29, 1.82) is 0 Å². The third-order valence-electron chi connectivity index (χ3n) is 5.21. The molecule has 0 spiro atoms. The minimum absolute atomic E-state index is 0.0157. The average Bonchev–Trinajstić information content (AvgIpc) is 2.80. The van der Waals surface area contributed by atoms with Gasteiger partial charge in [-0.25, -0.2) is 9.59 Å². The number of hydrogen-bond donors (Lipinski definition) is 1. The Balaban J connectivity index is 2.90. The summed E-state index contributed by atoms with van der Waals surface area (Å²) in [6.45, 7) is 5.63. The largest absolute Gasteiger partial charge is 0.493 e. The molecule has 1 aliphatic heterocycles. The number of benzene rings is 1. The van der Waals surface area contributed by atoms with Crippen LogP contribution in [0, 0.1) is 10.1 Å². The van der Waals surface area contributed by atoms with Crippen LogP contribution in [0.15, 0.2) is 40.7 Å². The molecule has 0 aliphatic carbocycles. The van der Waals surface area contributed by atoms with E-state index >= 15 is 0 Å². The van der Waals surface area contributed by atoms with E-state index in [1.165, 1.54) is 19.9 Å². The van der Waals surface area contributed by atoms with Crippen molar-refractivity contribution < 1.29 is 41.9 Å². The number of nitrogens with one attached hydrogen (secondary N) is 1. The van der Waals surface area contributed by atoms with E-state index in [0.29, 0.717) is 11.8 Å². The average molecular weight is 593 g/mol. The molecule has 1 unspecified atom stereocenters. The van der Waals surface area contributed by atoms with Crippen LogP contribution in [0.4, 0.5) is 18.9 Å². The maximum Gasteiger partial charge on any atom is 0.431 e. The van der Waals surface area contributed by atoms with E-state index in [1.807, 2.05) is 0 Å². The van der Waals surface area contributed by atoms with Crippen molar-refractivity contribution in [2.24, 2.45) is 0 Å². The molecule has 204 valence electrons. The zero-order valence-electron chi connectivity index (χ0n) is 20.7. The zero-order chi connectivity index (χ0) is 27.9. The first-order valence-electron chi connectivity index (χ1n) is 11.5. The summed E-state index contributed by atoms with van der Waals surface area (Å²) in [6, 6.07) is 3.37. The van der Waals surface area contributed by atoms with Gasteiger partial charge in [-0.05, 0) is 46.6 Å². The van der Waals surface area contributed by atoms with E-state index in [1.54, 1.807) is 13.8 Å². The highest BCUT2D eigenvalue weighted by molar-refractivity contribution is 9.09. The van der Waals surface area contributed by atoms with Crippen LogP contribution in [0.2, 0.25) is 0 Å². The van der Waals surface area contributed by atoms with Crippen molar-refractivity contribution in [1.82, 2.24) is 5.32 Å². The van der Waals surface area contributed by atoms with Crippen molar-refractivity contribution >= 4 is 33.6 Å². The molecule has 0 fully saturated rings. The van der Waals surface area contributed by atoms with Gasteiger partial charge in [0.15, 0.2) is 0 Å². The topological polar surface area (TPSA) is 117 Å². The highest BCUT2D eigenvalue weighted by Crippen LogP contribution is 2.47. The number of rotatable bonds is 11. The highest BCUT2D eigenvalue weighted by Gasteiger charge is 2.48. The van der Waals surface area contributed by atoms with Crippen molar-refractivity contribution in [3.63, 3.8) is 0 Å². The Kier molecular flexibility index (Phi) is 10.5. The van der Waals surface area contributed by atoms with Gasteiger partial charge in [-0.3, -0.25) is 10.1 Å². The summed E-state index contributed by atoms with van der Waals surface area (Å²) < 4.78 is 58.5. The van der Waals surface area contributed by atoms with Gasteiger partial charge in [0.25, 0.3) is 5.69 Å². The number of nitrogens with zero attached hydrogens (tertiary/aromatic N) is 1. The third kappa shape index (κ3) is 7.46. The molecule has 0 radical (unpaired) electrons. The van der Waals surface area contributed by atoms with E-state index in [4.69, 9.17) is 14.2 Å². The lowest BCUT2D eigenvalue weighted by Gasteiger charge is -2.33. The molecular formula is C24H28BrF3N2O7. The molecule has 9 nitrogen and oxygen atoms in total. The first kappa shape index (κ1) is 30.1. The minimum atomic E-state index is -5.05. The van der Waals surface area contributed by atoms with Crippen LogP contribution in [0.5, 0.6) is 5.75 Å². The van der Waals surface area contributed by atoms with Gasteiger partial charge < -0.3 is 19.5 Å². The summed E-state index contributed by atoms with van der Waals surface area (Å²) in [6.07, 6.45) is -4.39. The lowest BCUT2D eigenvalue weighted by molar-refractivity contribution is -0.384. The molecule has 1 aromatic rings. The Bertz CT molecular complexity index is 1100. The van der Waals surface area contributed by atoms with Crippen LogP contribution >= 0.6 is 15.9 Å². The minimum Gasteiger partial charge on any atom is -0.493 e. The van der Waals surface area contributed by atoms with Crippen molar-refractivity contribution in [3.05, 3.63) is 56.4 Å². The van der Waals surface area contributed by atoms with Gasteiger partial charge in [0.05, 0.1) is 41.3 Å². The number of alkyl halides is 4. The molecule has 13 heteroatoms. The Labute approximate surface area is 220 Å². The normalized spacial score (nSPS) is 16.0. The van der Waals surface area contributed by atoms with E-state index in [0.717, 1.165) is 18.6 Å². The van der Waals surface area contributed by atoms with Crippen LogP contribution in [0.3, 0.4) is 0 Å². The van der Waals surface area contributed by atoms with Crippen LogP contribution in [0.25, 0.3) is 0 Å². The second-order valence-corrected chi connectivity index (χ2v) is 9.07. The number of unbranched alkanes of at least 4 members (excludes halogenated alkanes) is 1. The maximum absolute atomic E-state index is 14.2. The molecule has 0 aromatic heterocycles. The number of nitro groups is 1. The molecule has 1 aromatic carbocycles. The number of carbonyl (C=O) groups excluding carboxylic acids is 2.